The number of pyridine rings is 1. The number of carbonyl (C=O) groups excluding carboxylic acids is 1. The van der Waals surface area contributed by atoms with Gasteiger partial charge in [0.1, 0.15) is 5.56 Å². The van der Waals surface area contributed by atoms with Crippen molar-refractivity contribution in [2.45, 2.75) is 26.7 Å². The van der Waals surface area contributed by atoms with E-state index in [-0.39, 0.29) is 17.0 Å². The van der Waals surface area contributed by atoms with Gasteiger partial charge < -0.3 is 20.1 Å². The molecule has 0 saturated carbocycles. The minimum atomic E-state index is -0.393. The zero-order valence-corrected chi connectivity index (χ0v) is 16.3. The normalized spacial score (nSPS) is 15.2. The van der Waals surface area contributed by atoms with Crippen LogP contribution in [-0.4, -0.2) is 48.5 Å². The summed E-state index contributed by atoms with van der Waals surface area (Å²) in [4.78, 5) is 32.2. The highest BCUT2D eigenvalue weighted by Crippen LogP contribution is 2.20. The minimum Gasteiger partial charge on any atom is -0.369 e. The fourth-order valence-electron chi connectivity index (χ4n) is 3.28. The molecule has 1 aromatic heterocycles. The summed E-state index contributed by atoms with van der Waals surface area (Å²) < 4.78 is 0. The number of amides is 1. The molecule has 0 aliphatic carbocycles. The second-order valence-corrected chi connectivity index (χ2v) is 7.23. The summed E-state index contributed by atoms with van der Waals surface area (Å²) in [6.45, 7) is 11.4. The Morgan fingerprint density at radius 3 is 2.30 bits per heavy atom. The van der Waals surface area contributed by atoms with Gasteiger partial charge in [-0.05, 0) is 48.9 Å². The van der Waals surface area contributed by atoms with Gasteiger partial charge in [-0.1, -0.05) is 20.8 Å². The van der Waals surface area contributed by atoms with E-state index >= 15 is 0 Å². The molecule has 3 rings (SSSR count). The number of aromatic amines is 1. The van der Waals surface area contributed by atoms with Gasteiger partial charge in [0.15, 0.2) is 0 Å². The van der Waals surface area contributed by atoms with Crippen LogP contribution in [0.3, 0.4) is 0 Å². The zero-order chi connectivity index (χ0) is 19.4. The molecule has 1 aromatic carbocycles. The average Bonchev–Trinajstić information content (AvgIpc) is 2.68. The van der Waals surface area contributed by atoms with Crippen LogP contribution < -0.4 is 15.8 Å². The Hall–Kier alpha value is -2.60. The van der Waals surface area contributed by atoms with Crippen LogP contribution in [0.4, 0.5) is 11.4 Å². The van der Waals surface area contributed by atoms with Gasteiger partial charge in [-0.15, -0.1) is 0 Å². The molecular formula is C21H28N4O2. The summed E-state index contributed by atoms with van der Waals surface area (Å²) in [7, 11) is 0. The van der Waals surface area contributed by atoms with Crippen molar-refractivity contribution in [3.8, 4) is 0 Å². The number of nitrogens with one attached hydrogen (secondary N) is 2. The van der Waals surface area contributed by atoms with E-state index in [0.717, 1.165) is 44.1 Å². The lowest BCUT2D eigenvalue weighted by atomic mass is 10.1. The fourth-order valence-corrected chi connectivity index (χ4v) is 3.28. The van der Waals surface area contributed by atoms with Crippen LogP contribution >= 0.6 is 0 Å². The molecule has 1 saturated heterocycles. The molecule has 0 unspecified atom stereocenters. The first-order valence-corrected chi connectivity index (χ1v) is 9.60. The third-order valence-electron chi connectivity index (χ3n) is 5.11. The van der Waals surface area contributed by atoms with Crippen LogP contribution in [0.2, 0.25) is 0 Å². The molecule has 1 amide bonds. The zero-order valence-electron chi connectivity index (χ0n) is 16.3. The highest BCUT2D eigenvalue weighted by atomic mass is 16.2. The van der Waals surface area contributed by atoms with E-state index in [9.17, 15) is 9.59 Å². The van der Waals surface area contributed by atoms with E-state index in [0.29, 0.717) is 5.69 Å². The lowest BCUT2D eigenvalue weighted by molar-refractivity contribution is 0.102. The smallest absolute Gasteiger partial charge is 0.261 e. The van der Waals surface area contributed by atoms with E-state index in [4.69, 9.17) is 0 Å². The van der Waals surface area contributed by atoms with Crippen molar-refractivity contribution >= 4 is 17.3 Å². The van der Waals surface area contributed by atoms with Crippen molar-refractivity contribution in [2.75, 3.05) is 42.9 Å². The predicted molar refractivity (Wildman–Crippen MR) is 110 cm³/mol. The van der Waals surface area contributed by atoms with Crippen LogP contribution in [0.25, 0.3) is 0 Å². The Kier molecular flexibility index (Phi) is 5.96. The first-order chi connectivity index (χ1) is 13.0. The van der Waals surface area contributed by atoms with Crippen molar-refractivity contribution in [1.82, 2.24) is 9.88 Å². The topological polar surface area (TPSA) is 68.4 Å². The summed E-state index contributed by atoms with van der Waals surface area (Å²) in [5.41, 5.74) is 2.43. The first kappa shape index (κ1) is 19.2. The van der Waals surface area contributed by atoms with Crippen LogP contribution in [0.1, 0.15) is 42.7 Å². The van der Waals surface area contributed by atoms with Gasteiger partial charge in [-0.3, -0.25) is 9.59 Å². The highest BCUT2D eigenvalue weighted by Gasteiger charge is 2.16. The molecule has 6 nitrogen and oxygen atoms in total. The summed E-state index contributed by atoms with van der Waals surface area (Å²) >= 11 is 0. The Labute approximate surface area is 160 Å². The number of likely N-dealkylation sites (N-methyl/N-ethyl adjacent to an activating group) is 1. The number of anilines is 2. The molecule has 2 N–H and O–H groups in total. The number of carbonyl (C=O) groups is 1. The average molecular weight is 368 g/mol. The standard InChI is InChI=1S/C21H28N4O2/c1-4-24-11-13-25(14-12-24)17-7-5-16(6-8-17)22-20(26)18-9-10-19(15(2)3)23-21(18)27/h5-10,15H,4,11-14H2,1-3H3,(H,22,26)(H,23,27). The Morgan fingerprint density at radius 1 is 1.07 bits per heavy atom. The van der Waals surface area contributed by atoms with E-state index in [1.807, 2.05) is 38.1 Å². The van der Waals surface area contributed by atoms with E-state index in [1.165, 1.54) is 0 Å². The van der Waals surface area contributed by atoms with Gasteiger partial charge in [0.05, 0.1) is 0 Å². The molecule has 0 atom stereocenters. The number of piperazine rings is 1. The van der Waals surface area contributed by atoms with Crippen LogP contribution in [0.15, 0.2) is 41.2 Å². The molecular weight excluding hydrogens is 340 g/mol. The monoisotopic (exact) mass is 368 g/mol. The van der Waals surface area contributed by atoms with Gasteiger partial charge >= 0.3 is 0 Å². The first-order valence-electron chi connectivity index (χ1n) is 9.60. The highest BCUT2D eigenvalue weighted by molar-refractivity contribution is 6.04. The van der Waals surface area contributed by atoms with Crippen LogP contribution in [0, 0.1) is 0 Å². The lowest BCUT2D eigenvalue weighted by Gasteiger charge is -2.35. The number of hydrogen-bond acceptors (Lipinski definition) is 4. The Morgan fingerprint density at radius 2 is 1.74 bits per heavy atom. The third-order valence-corrected chi connectivity index (χ3v) is 5.11. The van der Waals surface area contributed by atoms with E-state index < -0.39 is 5.91 Å². The number of nitrogens with zero attached hydrogens (tertiary/aromatic N) is 2. The van der Waals surface area contributed by atoms with Crippen molar-refractivity contribution < 1.29 is 4.79 Å². The molecule has 144 valence electrons. The Bertz CT molecular complexity index is 834. The molecule has 0 bridgehead atoms. The van der Waals surface area contributed by atoms with Crippen molar-refractivity contribution in [2.24, 2.45) is 0 Å². The minimum absolute atomic E-state index is 0.124. The summed E-state index contributed by atoms with van der Waals surface area (Å²) in [6.07, 6.45) is 0. The largest absolute Gasteiger partial charge is 0.369 e. The van der Waals surface area contributed by atoms with Gasteiger partial charge in [0.2, 0.25) is 0 Å². The van der Waals surface area contributed by atoms with Gasteiger partial charge in [-0.25, -0.2) is 0 Å². The predicted octanol–water partition coefficient (Wildman–Crippen LogP) is 2.89. The van der Waals surface area contributed by atoms with Crippen LogP contribution in [0.5, 0.6) is 0 Å². The lowest BCUT2D eigenvalue weighted by Crippen LogP contribution is -2.46. The maximum absolute atomic E-state index is 12.4. The number of H-pyrrole nitrogens is 1. The second-order valence-electron chi connectivity index (χ2n) is 7.23. The number of hydrogen-bond donors (Lipinski definition) is 2. The molecule has 1 aliphatic rings. The molecule has 1 fully saturated rings. The van der Waals surface area contributed by atoms with E-state index in [1.54, 1.807) is 12.1 Å². The molecule has 0 radical (unpaired) electrons. The molecule has 2 aromatic rings. The Balaban J connectivity index is 1.64. The van der Waals surface area contributed by atoms with Gasteiger partial charge in [0, 0.05) is 43.2 Å². The second kappa shape index (κ2) is 8.39. The van der Waals surface area contributed by atoms with Gasteiger partial charge in [0.25, 0.3) is 11.5 Å². The fraction of sp³-hybridized carbons (Fsp3) is 0.429. The van der Waals surface area contributed by atoms with Crippen molar-refractivity contribution in [1.29, 1.82) is 0 Å². The van der Waals surface area contributed by atoms with Crippen molar-refractivity contribution in [3.63, 3.8) is 0 Å². The number of aromatic nitrogens is 1. The maximum Gasteiger partial charge on any atom is 0.261 e. The number of benzene rings is 1. The maximum atomic E-state index is 12.4. The van der Waals surface area contributed by atoms with Crippen LogP contribution in [-0.2, 0) is 0 Å². The van der Waals surface area contributed by atoms with E-state index in [2.05, 4.69) is 27.0 Å². The van der Waals surface area contributed by atoms with Crippen molar-refractivity contribution in [3.05, 3.63) is 58.0 Å². The molecule has 0 spiro atoms. The summed E-state index contributed by atoms with van der Waals surface area (Å²) in [5.74, 6) is -0.183. The SMILES string of the molecule is CCN1CCN(c2ccc(NC(=O)c3ccc(C(C)C)[nH]c3=O)cc2)CC1. The quantitative estimate of drug-likeness (QED) is 0.852. The van der Waals surface area contributed by atoms with Gasteiger partial charge in [-0.2, -0.15) is 0 Å². The summed E-state index contributed by atoms with van der Waals surface area (Å²) in [5, 5.41) is 2.81. The third kappa shape index (κ3) is 4.57. The molecule has 1 aliphatic heterocycles. The molecule has 27 heavy (non-hydrogen) atoms. The molecule has 6 heteroatoms. The molecule has 2 heterocycles. The number of rotatable bonds is 5. The summed E-state index contributed by atoms with van der Waals surface area (Å²) in [6, 6.07) is 11.2.